The van der Waals surface area contributed by atoms with E-state index < -0.39 is 0 Å². The topological polar surface area (TPSA) is 50.3 Å². The SMILES string of the molecule is Clc1cccc(Cl)c1Nc1nccc(N2CCOCC2)n1. The summed E-state index contributed by atoms with van der Waals surface area (Å²) in [7, 11) is 0. The van der Waals surface area contributed by atoms with Crippen LogP contribution in [0.2, 0.25) is 10.0 Å². The van der Waals surface area contributed by atoms with E-state index in [2.05, 4.69) is 20.2 Å². The maximum atomic E-state index is 6.14. The molecule has 1 aromatic carbocycles. The van der Waals surface area contributed by atoms with Crippen LogP contribution in [-0.2, 0) is 4.74 Å². The van der Waals surface area contributed by atoms with Gasteiger partial charge < -0.3 is 15.0 Å². The number of para-hydroxylation sites is 1. The number of benzene rings is 1. The van der Waals surface area contributed by atoms with Gasteiger partial charge in [0.25, 0.3) is 0 Å². The van der Waals surface area contributed by atoms with Crippen molar-refractivity contribution in [1.82, 2.24) is 9.97 Å². The highest BCUT2D eigenvalue weighted by molar-refractivity contribution is 6.39. The third-order valence-electron chi connectivity index (χ3n) is 3.18. The molecule has 0 aliphatic carbocycles. The van der Waals surface area contributed by atoms with Crippen molar-refractivity contribution in [3.8, 4) is 0 Å². The van der Waals surface area contributed by atoms with E-state index >= 15 is 0 Å². The Balaban J connectivity index is 1.83. The average molecular weight is 325 g/mol. The number of rotatable bonds is 3. The van der Waals surface area contributed by atoms with Crippen molar-refractivity contribution in [2.24, 2.45) is 0 Å². The third kappa shape index (κ3) is 3.37. The van der Waals surface area contributed by atoms with Crippen LogP contribution < -0.4 is 10.2 Å². The average Bonchev–Trinajstić information content (AvgIpc) is 2.52. The smallest absolute Gasteiger partial charge is 0.229 e. The minimum atomic E-state index is 0.467. The molecule has 1 aliphatic heterocycles. The highest BCUT2D eigenvalue weighted by atomic mass is 35.5. The van der Waals surface area contributed by atoms with Crippen molar-refractivity contribution in [2.75, 3.05) is 36.5 Å². The zero-order chi connectivity index (χ0) is 14.7. The Kier molecular flexibility index (Phi) is 4.43. The fraction of sp³-hybridized carbons (Fsp3) is 0.286. The van der Waals surface area contributed by atoms with Crippen LogP contribution in [-0.4, -0.2) is 36.3 Å². The second kappa shape index (κ2) is 6.47. The van der Waals surface area contributed by atoms with E-state index in [1.165, 1.54) is 0 Å². The summed E-state index contributed by atoms with van der Waals surface area (Å²) >= 11 is 12.3. The maximum Gasteiger partial charge on any atom is 0.229 e. The van der Waals surface area contributed by atoms with Crippen LogP contribution in [0.3, 0.4) is 0 Å². The molecule has 1 fully saturated rings. The van der Waals surface area contributed by atoms with Gasteiger partial charge >= 0.3 is 0 Å². The van der Waals surface area contributed by atoms with Crippen LogP contribution in [0.25, 0.3) is 0 Å². The standard InChI is InChI=1S/C14H14Cl2N4O/c15-10-2-1-3-11(16)13(10)19-14-17-5-4-12(18-14)20-6-8-21-9-7-20/h1-5H,6-9H2,(H,17,18,19). The van der Waals surface area contributed by atoms with Gasteiger partial charge in [-0.05, 0) is 18.2 Å². The lowest BCUT2D eigenvalue weighted by Gasteiger charge is -2.27. The van der Waals surface area contributed by atoms with Crippen molar-refractivity contribution >= 4 is 40.7 Å². The Morgan fingerprint density at radius 1 is 1.10 bits per heavy atom. The van der Waals surface area contributed by atoms with E-state index in [4.69, 9.17) is 27.9 Å². The molecule has 0 amide bonds. The summed E-state index contributed by atoms with van der Waals surface area (Å²) in [6, 6.07) is 7.20. The molecule has 1 N–H and O–H groups in total. The Bertz CT molecular complexity index is 612. The minimum absolute atomic E-state index is 0.467. The molecule has 0 saturated carbocycles. The summed E-state index contributed by atoms with van der Waals surface area (Å²) in [5, 5.41) is 4.14. The van der Waals surface area contributed by atoms with E-state index in [-0.39, 0.29) is 0 Å². The molecule has 5 nitrogen and oxygen atoms in total. The first-order chi connectivity index (χ1) is 10.2. The number of anilines is 3. The lowest BCUT2D eigenvalue weighted by atomic mass is 10.3. The Labute approximate surface area is 132 Å². The van der Waals surface area contributed by atoms with Crippen molar-refractivity contribution in [2.45, 2.75) is 0 Å². The largest absolute Gasteiger partial charge is 0.378 e. The Morgan fingerprint density at radius 3 is 2.52 bits per heavy atom. The molecular formula is C14H14Cl2N4O. The maximum absolute atomic E-state index is 6.14. The highest BCUT2D eigenvalue weighted by Crippen LogP contribution is 2.31. The number of halogens is 2. The van der Waals surface area contributed by atoms with E-state index in [0.29, 0.717) is 34.9 Å². The van der Waals surface area contributed by atoms with E-state index in [1.807, 2.05) is 6.07 Å². The highest BCUT2D eigenvalue weighted by Gasteiger charge is 2.14. The molecule has 3 rings (SSSR count). The zero-order valence-electron chi connectivity index (χ0n) is 11.2. The number of nitrogens with one attached hydrogen (secondary N) is 1. The molecule has 110 valence electrons. The Morgan fingerprint density at radius 2 is 1.81 bits per heavy atom. The molecule has 0 unspecified atom stereocenters. The van der Waals surface area contributed by atoms with Crippen LogP contribution >= 0.6 is 23.2 Å². The first-order valence-electron chi connectivity index (χ1n) is 6.61. The molecule has 2 aromatic rings. The van der Waals surface area contributed by atoms with Crippen molar-refractivity contribution in [3.63, 3.8) is 0 Å². The van der Waals surface area contributed by atoms with Crippen LogP contribution in [0.15, 0.2) is 30.5 Å². The van der Waals surface area contributed by atoms with Gasteiger partial charge in [-0.15, -0.1) is 0 Å². The number of ether oxygens (including phenoxy) is 1. The quantitative estimate of drug-likeness (QED) is 0.938. The molecule has 0 atom stereocenters. The van der Waals surface area contributed by atoms with E-state index in [9.17, 15) is 0 Å². The summed E-state index contributed by atoms with van der Waals surface area (Å²) in [4.78, 5) is 10.9. The zero-order valence-corrected chi connectivity index (χ0v) is 12.7. The summed E-state index contributed by atoms with van der Waals surface area (Å²) in [5.74, 6) is 1.33. The van der Waals surface area contributed by atoms with Gasteiger partial charge in [0.2, 0.25) is 5.95 Å². The number of aromatic nitrogens is 2. The fourth-order valence-electron chi connectivity index (χ4n) is 2.11. The predicted octanol–water partition coefficient (Wildman–Crippen LogP) is 3.36. The Hall–Kier alpha value is -1.56. The van der Waals surface area contributed by atoms with Crippen LogP contribution in [0.5, 0.6) is 0 Å². The van der Waals surface area contributed by atoms with Gasteiger partial charge in [-0.25, -0.2) is 4.98 Å². The molecule has 0 bridgehead atoms. The molecule has 21 heavy (non-hydrogen) atoms. The molecule has 1 aliphatic rings. The molecule has 7 heteroatoms. The van der Waals surface area contributed by atoms with Gasteiger partial charge in [0, 0.05) is 19.3 Å². The fourth-order valence-corrected chi connectivity index (χ4v) is 2.60. The summed E-state index contributed by atoms with van der Waals surface area (Å²) in [5.41, 5.74) is 0.611. The lowest BCUT2D eigenvalue weighted by molar-refractivity contribution is 0.122. The molecule has 2 heterocycles. The van der Waals surface area contributed by atoms with Gasteiger partial charge in [-0.1, -0.05) is 29.3 Å². The number of hydrogen-bond donors (Lipinski definition) is 1. The minimum Gasteiger partial charge on any atom is -0.378 e. The van der Waals surface area contributed by atoms with Gasteiger partial charge in [-0.2, -0.15) is 4.98 Å². The van der Waals surface area contributed by atoms with Crippen molar-refractivity contribution in [1.29, 1.82) is 0 Å². The molecular weight excluding hydrogens is 311 g/mol. The number of nitrogens with zero attached hydrogens (tertiary/aromatic N) is 3. The summed E-state index contributed by atoms with van der Waals surface area (Å²) < 4.78 is 5.34. The van der Waals surface area contributed by atoms with Crippen LogP contribution in [0.4, 0.5) is 17.5 Å². The molecule has 0 radical (unpaired) electrons. The number of hydrogen-bond acceptors (Lipinski definition) is 5. The van der Waals surface area contributed by atoms with Gasteiger partial charge in [-0.3, -0.25) is 0 Å². The number of morpholine rings is 1. The van der Waals surface area contributed by atoms with Crippen LogP contribution in [0, 0.1) is 0 Å². The monoisotopic (exact) mass is 324 g/mol. The van der Waals surface area contributed by atoms with Crippen LogP contribution in [0.1, 0.15) is 0 Å². The van der Waals surface area contributed by atoms with Gasteiger partial charge in [0.05, 0.1) is 28.9 Å². The second-order valence-corrected chi connectivity index (χ2v) is 5.37. The summed E-state index contributed by atoms with van der Waals surface area (Å²) in [6.45, 7) is 3.07. The first kappa shape index (κ1) is 14.4. The molecule has 1 saturated heterocycles. The van der Waals surface area contributed by atoms with E-state index in [0.717, 1.165) is 18.9 Å². The van der Waals surface area contributed by atoms with Gasteiger partial charge in [0.1, 0.15) is 5.82 Å². The molecule has 0 spiro atoms. The lowest BCUT2D eigenvalue weighted by Crippen LogP contribution is -2.36. The van der Waals surface area contributed by atoms with E-state index in [1.54, 1.807) is 24.4 Å². The first-order valence-corrected chi connectivity index (χ1v) is 7.36. The summed E-state index contributed by atoms with van der Waals surface area (Å²) in [6.07, 6.45) is 1.71. The van der Waals surface area contributed by atoms with Crippen molar-refractivity contribution < 1.29 is 4.74 Å². The van der Waals surface area contributed by atoms with Crippen molar-refractivity contribution in [3.05, 3.63) is 40.5 Å². The normalized spacial score (nSPS) is 15.0. The predicted molar refractivity (Wildman–Crippen MR) is 84.8 cm³/mol. The molecule has 1 aromatic heterocycles. The van der Waals surface area contributed by atoms with Gasteiger partial charge in [0.15, 0.2) is 0 Å². The third-order valence-corrected chi connectivity index (χ3v) is 3.81. The second-order valence-electron chi connectivity index (χ2n) is 4.56.